The van der Waals surface area contributed by atoms with Crippen molar-refractivity contribution in [3.63, 3.8) is 0 Å². The van der Waals surface area contributed by atoms with Crippen LogP contribution in [-0.4, -0.2) is 19.1 Å². The molecule has 0 radical (unpaired) electrons. The van der Waals surface area contributed by atoms with E-state index in [-0.39, 0.29) is 5.71 Å². The molecular weight excluding hydrogens is 562 g/mol. The van der Waals surface area contributed by atoms with Crippen LogP contribution in [0.1, 0.15) is 5.71 Å². The Morgan fingerprint density at radius 2 is 1.02 bits per heavy atom. The van der Waals surface area contributed by atoms with E-state index in [1.54, 1.807) is 0 Å². The Labute approximate surface area is 271 Å². The van der Waals surface area contributed by atoms with Crippen LogP contribution in [0.2, 0.25) is 0 Å². The van der Waals surface area contributed by atoms with Gasteiger partial charge in [0, 0.05) is 50.9 Å². The maximum Gasteiger partial charge on any atom is 0.234 e. The van der Waals surface area contributed by atoms with E-state index in [1.165, 1.54) is 21.8 Å². The number of hydrogen-bond donors (Lipinski definition) is 0. The van der Waals surface area contributed by atoms with Crippen molar-refractivity contribution >= 4 is 49.3 Å². The number of benzene rings is 6. The number of rotatable bonds is 4. The summed E-state index contributed by atoms with van der Waals surface area (Å²) in [7, 11) is 0. The van der Waals surface area contributed by atoms with Crippen LogP contribution in [0.3, 0.4) is 0 Å². The number of para-hydroxylation sites is 3. The van der Waals surface area contributed by atoms with Gasteiger partial charge in [-0.05, 0) is 59.2 Å². The van der Waals surface area contributed by atoms with Gasteiger partial charge in [-0.2, -0.15) is 0 Å². The molecule has 9 rings (SSSR count). The predicted molar refractivity (Wildman–Crippen MR) is 196 cm³/mol. The molecule has 5 heteroatoms. The average Bonchev–Trinajstić information content (AvgIpc) is 3.64. The smallest absolute Gasteiger partial charge is 0.234 e. The Morgan fingerprint density at radius 1 is 0.457 bits per heavy atom. The molecule has 0 spiro atoms. The van der Waals surface area contributed by atoms with Gasteiger partial charge in [0.05, 0.1) is 28.6 Å². The third-order valence-corrected chi connectivity index (χ3v) is 8.86. The summed E-state index contributed by atoms with van der Waals surface area (Å²) in [5.74, 6) is 0.617. The molecule has 0 amide bonds. The molecule has 0 unspecified atom stereocenters. The second-order valence-electron chi connectivity index (χ2n) is 11.4. The average molecular weight is 596 g/mol. The first-order valence-electron chi connectivity index (χ1n) is 15.2. The fraction of sp³-hybridized carbons (Fsp3) is 0. The summed E-state index contributed by atoms with van der Waals surface area (Å²) in [5.41, 5.74) is 10.4. The molecule has 3 heterocycles. The summed E-state index contributed by atoms with van der Waals surface area (Å²) in [6, 6.07) is 48.6. The zero-order valence-electron chi connectivity index (χ0n) is 24.7. The van der Waals surface area contributed by atoms with Gasteiger partial charge in [0.2, 0.25) is 5.95 Å². The van der Waals surface area contributed by atoms with Crippen LogP contribution in [0, 0.1) is 6.57 Å². The van der Waals surface area contributed by atoms with E-state index in [4.69, 9.17) is 16.5 Å². The molecule has 0 aliphatic heterocycles. The van der Waals surface area contributed by atoms with E-state index >= 15 is 0 Å². The van der Waals surface area contributed by atoms with Crippen LogP contribution >= 0.6 is 0 Å². The minimum absolute atomic E-state index is 0. The SMILES string of the molecule is [C-]#[N+]c1ccc(-c2cnc(-n3c4ccccc4c4ccc(-c5ccc6c(c5)c5ccccc5n6-c5ccccc5)cc43)nc2)cc1.[HH].[HH].[HH].[HH]. The second-order valence-corrected chi connectivity index (χ2v) is 11.4. The van der Waals surface area contributed by atoms with Crippen molar-refractivity contribution in [3.8, 4) is 33.9 Å². The van der Waals surface area contributed by atoms with Crippen molar-refractivity contribution in [2.45, 2.75) is 0 Å². The lowest BCUT2D eigenvalue weighted by Crippen LogP contribution is -2.00. The van der Waals surface area contributed by atoms with Crippen LogP contribution in [0.4, 0.5) is 5.69 Å². The maximum absolute atomic E-state index is 7.23. The molecule has 0 saturated heterocycles. The fourth-order valence-corrected chi connectivity index (χ4v) is 6.69. The van der Waals surface area contributed by atoms with Crippen molar-refractivity contribution in [1.29, 1.82) is 0 Å². The highest BCUT2D eigenvalue weighted by Gasteiger charge is 2.17. The van der Waals surface area contributed by atoms with Crippen LogP contribution in [0.15, 0.2) is 152 Å². The van der Waals surface area contributed by atoms with E-state index in [0.717, 1.165) is 49.7 Å². The molecule has 0 aliphatic rings. The van der Waals surface area contributed by atoms with Gasteiger partial charge in [0.15, 0.2) is 5.69 Å². The van der Waals surface area contributed by atoms with Crippen LogP contribution < -0.4 is 0 Å². The molecule has 0 bridgehead atoms. The molecule has 3 aromatic heterocycles. The highest BCUT2D eigenvalue weighted by molar-refractivity contribution is 6.12. The zero-order chi connectivity index (χ0) is 30.6. The molecule has 0 aliphatic carbocycles. The lowest BCUT2D eigenvalue weighted by Gasteiger charge is -2.09. The lowest BCUT2D eigenvalue weighted by atomic mass is 10.0. The van der Waals surface area contributed by atoms with E-state index in [9.17, 15) is 0 Å². The number of hydrogen-bond acceptors (Lipinski definition) is 2. The molecule has 0 N–H and O–H groups in total. The molecule has 46 heavy (non-hydrogen) atoms. The third-order valence-electron chi connectivity index (χ3n) is 8.86. The zero-order valence-corrected chi connectivity index (χ0v) is 24.7. The van der Waals surface area contributed by atoms with E-state index in [1.807, 2.05) is 36.7 Å². The Bertz CT molecular complexity index is 2640. The van der Waals surface area contributed by atoms with Gasteiger partial charge in [-0.1, -0.05) is 97.1 Å². The van der Waals surface area contributed by atoms with Crippen molar-refractivity contribution in [3.05, 3.63) is 163 Å². The monoisotopic (exact) mass is 595 g/mol. The first-order chi connectivity index (χ1) is 22.8. The predicted octanol–water partition coefficient (Wildman–Crippen LogP) is 11.5. The van der Waals surface area contributed by atoms with Gasteiger partial charge in [0.25, 0.3) is 0 Å². The van der Waals surface area contributed by atoms with Gasteiger partial charge in [-0.25, -0.2) is 14.8 Å². The minimum atomic E-state index is 0. The molecular formula is C41H33N5. The Morgan fingerprint density at radius 3 is 1.76 bits per heavy atom. The number of nitrogens with zero attached hydrogens (tertiary/aromatic N) is 5. The molecule has 0 fully saturated rings. The summed E-state index contributed by atoms with van der Waals surface area (Å²) < 4.78 is 4.50. The van der Waals surface area contributed by atoms with Crippen LogP contribution in [0.25, 0.3) is 82.3 Å². The quantitative estimate of drug-likeness (QED) is 0.190. The van der Waals surface area contributed by atoms with Crippen LogP contribution in [0.5, 0.6) is 0 Å². The largest absolute Gasteiger partial charge is 0.309 e. The van der Waals surface area contributed by atoms with Gasteiger partial charge in [0.1, 0.15) is 0 Å². The summed E-state index contributed by atoms with van der Waals surface area (Å²) in [6.07, 6.45) is 3.71. The van der Waals surface area contributed by atoms with Crippen molar-refractivity contribution < 1.29 is 5.71 Å². The Kier molecular flexibility index (Phi) is 5.81. The first kappa shape index (κ1) is 25.9. The Balaban J connectivity index is 0.00000121. The highest BCUT2D eigenvalue weighted by Crippen LogP contribution is 2.37. The standard InChI is InChI=1S/C41H25N5.4H2/c1-42-31-19-15-27(16-20-31)30-25-43-41(44-26-30)46-38-14-8-5-11-33(38)35-21-17-29(24-40(35)46)28-18-22-39-36(23-28)34-12-6-7-13-37(34)45(39)32-9-3-2-4-10-32;;;;/h2-26H;4*1H. The van der Waals surface area contributed by atoms with Gasteiger partial charge in [-0.3, -0.25) is 4.57 Å². The fourth-order valence-electron chi connectivity index (χ4n) is 6.69. The van der Waals surface area contributed by atoms with E-state index in [2.05, 4.69) is 129 Å². The lowest BCUT2D eigenvalue weighted by molar-refractivity contribution is 0.990. The summed E-state index contributed by atoms with van der Waals surface area (Å²) in [5, 5.41) is 4.77. The van der Waals surface area contributed by atoms with Crippen molar-refractivity contribution in [2.75, 3.05) is 0 Å². The normalized spacial score (nSPS) is 11.5. The second kappa shape index (κ2) is 10.3. The summed E-state index contributed by atoms with van der Waals surface area (Å²) in [6.45, 7) is 7.23. The minimum Gasteiger partial charge on any atom is -0.309 e. The highest BCUT2D eigenvalue weighted by atomic mass is 15.1. The molecule has 222 valence electrons. The molecule has 0 atom stereocenters. The summed E-state index contributed by atoms with van der Waals surface area (Å²) in [4.78, 5) is 13.2. The number of aromatic nitrogens is 4. The van der Waals surface area contributed by atoms with Gasteiger partial charge >= 0.3 is 0 Å². The summed E-state index contributed by atoms with van der Waals surface area (Å²) >= 11 is 0. The molecule has 9 aromatic rings. The van der Waals surface area contributed by atoms with Crippen molar-refractivity contribution in [2.24, 2.45) is 0 Å². The molecule has 5 nitrogen and oxygen atoms in total. The van der Waals surface area contributed by atoms with Gasteiger partial charge in [-0.15, -0.1) is 0 Å². The van der Waals surface area contributed by atoms with Gasteiger partial charge < -0.3 is 4.57 Å². The topological polar surface area (TPSA) is 40.0 Å². The molecule has 0 saturated carbocycles. The van der Waals surface area contributed by atoms with E-state index in [0.29, 0.717) is 11.6 Å². The Hall–Kier alpha value is -6.51. The van der Waals surface area contributed by atoms with Crippen LogP contribution in [-0.2, 0) is 0 Å². The maximum atomic E-state index is 7.23. The first-order valence-corrected chi connectivity index (χ1v) is 15.2. The third kappa shape index (κ3) is 4.02. The van der Waals surface area contributed by atoms with Crippen molar-refractivity contribution in [1.82, 2.24) is 19.1 Å². The number of fused-ring (bicyclic) bond motifs is 6. The molecule has 6 aromatic carbocycles. The van der Waals surface area contributed by atoms with E-state index < -0.39 is 0 Å².